The van der Waals surface area contributed by atoms with Gasteiger partial charge in [0, 0.05) is 41.2 Å². The third-order valence-corrected chi connectivity index (χ3v) is 3.89. The maximum Gasteiger partial charge on any atom is 0.0721 e. The highest BCUT2D eigenvalue weighted by atomic mass is 35.5. The maximum absolute atomic E-state index is 6.47. The van der Waals surface area contributed by atoms with Crippen LogP contribution in [0, 0.1) is 0 Å². The molecule has 0 saturated heterocycles. The molecule has 0 atom stereocenters. The van der Waals surface area contributed by atoms with E-state index in [1.165, 1.54) is 0 Å². The number of hydrogen-bond acceptors (Lipinski definition) is 2. The lowest BCUT2D eigenvalue weighted by atomic mass is 10.0. The minimum atomic E-state index is 0.699. The second-order valence-corrected chi connectivity index (χ2v) is 5.31. The first-order valence-electron chi connectivity index (χ1n) is 5.60. The molecule has 2 heterocycles. The van der Waals surface area contributed by atoms with E-state index in [1.54, 1.807) is 0 Å². The summed E-state index contributed by atoms with van der Waals surface area (Å²) in [5.74, 6) is 0. The van der Waals surface area contributed by atoms with Gasteiger partial charge in [-0.3, -0.25) is 4.98 Å². The largest absolute Gasteiger partial charge is 0.302 e. The average Bonchev–Trinajstić information content (AvgIpc) is 2.32. The lowest BCUT2D eigenvalue weighted by Gasteiger charge is -2.25. The van der Waals surface area contributed by atoms with Crippen LogP contribution in [0.4, 0.5) is 0 Å². The van der Waals surface area contributed by atoms with E-state index in [9.17, 15) is 0 Å². The molecule has 0 saturated carbocycles. The zero-order chi connectivity index (χ0) is 12.0. The van der Waals surface area contributed by atoms with Gasteiger partial charge in [-0.15, -0.1) is 0 Å². The van der Waals surface area contributed by atoms with Crippen molar-refractivity contribution in [3.05, 3.63) is 39.5 Å². The Balaban J connectivity index is 2.29. The van der Waals surface area contributed by atoms with Crippen LogP contribution in [0.2, 0.25) is 10.0 Å². The lowest BCUT2D eigenvalue weighted by molar-refractivity contribution is 0.310. The van der Waals surface area contributed by atoms with Crippen LogP contribution >= 0.6 is 23.2 Å². The Morgan fingerprint density at radius 1 is 1.29 bits per heavy atom. The van der Waals surface area contributed by atoms with Gasteiger partial charge in [-0.2, -0.15) is 0 Å². The molecule has 0 bridgehead atoms. The molecule has 2 aromatic rings. The van der Waals surface area contributed by atoms with Gasteiger partial charge in [-0.25, -0.2) is 0 Å². The summed E-state index contributed by atoms with van der Waals surface area (Å²) in [5, 5.41) is 2.46. The van der Waals surface area contributed by atoms with Gasteiger partial charge in [0.15, 0.2) is 0 Å². The van der Waals surface area contributed by atoms with E-state index in [-0.39, 0.29) is 0 Å². The Kier molecular flexibility index (Phi) is 2.74. The summed E-state index contributed by atoms with van der Waals surface area (Å²) in [5.41, 5.74) is 3.21. The van der Waals surface area contributed by atoms with Gasteiger partial charge >= 0.3 is 0 Å². The summed E-state index contributed by atoms with van der Waals surface area (Å²) in [6.07, 6.45) is 0.962. The lowest BCUT2D eigenvalue weighted by Crippen LogP contribution is -2.27. The number of hydrogen-bond donors (Lipinski definition) is 0. The predicted octanol–water partition coefficient (Wildman–Crippen LogP) is 3.53. The van der Waals surface area contributed by atoms with E-state index in [0.717, 1.165) is 46.7 Å². The Hall–Kier alpha value is -0.830. The fourth-order valence-corrected chi connectivity index (χ4v) is 2.79. The molecule has 0 radical (unpaired) electrons. The van der Waals surface area contributed by atoms with Gasteiger partial charge in [0.1, 0.15) is 0 Å². The van der Waals surface area contributed by atoms with Crippen LogP contribution in [0.5, 0.6) is 0 Å². The van der Waals surface area contributed by atoms with E-state index < -0.39 is 0 Å². The van der Waals surface area contributed by atoms with E-state index in [2.05, 4.69) is 16.9 Å². The summed E-state index contributed by atoms with van der Waals surface area (Å²) in [7, 11) is 2.10. The summed E-state index contributed by atoms with van der Waals surface area (Å²) < 4.78 is 0. The first-order valence-corrected chi connectivity index (χ1v) is 6.36. The van der Waals surface area contributed by atoms with Crippen molar-refractivity contribution < 1.29 is 0 Å². The molecule has 1 aliphatic rings. The van der Waals surface area contributed by atoms with Gasteiger partial charge in [0.05, 0.1) is 10.5 Å². The molecule has 1 aliphatic heterocycles. The van der Waals surface area contributed by atoms with E-state index >= 15 is 0 Å². The standard InChI is InChI=1S/C13H12Cl2N2/c1-17-5-4-12-10(7-17)13(15)9-6-8(14)2-3-11(9)16-12/h2-3,6H,4-5,7H2,1H3. The molecule has 3 rings (SSSR count). The summed E-state index contributed by atoms with van der Waals surface area (Å²) in [6.45, 7) is 1.90. The molecule has 0 amide bonds. The van der Waals surface area contributed by atoms with Crippen molar-refractivity contribution in [1.82, 2.24) is 9.88 Å². The fraction of sp³-hybridized carbons (Fsp3) is 0.308. The van der Waals surface area contributed by atoms with Crippen molar-refractivity contribution in [2.75, 3.05) is 13.6 Å². The van der Waals surface area contributed by atoms with E-state index in [1.807, 2.05) is 18.2 Å². The quantitative estimate of drug-likeness (QED) is 0.726. The molecular formula is C13H12Cl2N2. The zero-order valence-electron chi connectivity index (χ0n) is 9.50. The number of rotatable bonds is 0. The number of pyridine rings is 1. The Labute approximate surface area is 110 Å². The van der Waals surface area contributed by atoms with Crippen LogP contribution in [-0.2, 0) is 13.0 Å². The number of fused-ring (bicyclic) bond motifs is 2. The SMILES string of the molecule is CN1CCc2nc3ccc(Cl)cc3c(Cl)c2C1. The Morgan fingerprint density at radius 3 is 2.94 bits per heavy atom. The first kappa shape index (κ1) is 11.3. The molecule has 0 aliphatic carbocycles. The van der Waals surface area contributed by atoms with Crippen molar-refractivity contribution in [1.29, 1.82) is 0 Å². The van der Waals surface area contributed by atoms with Gasteiger partial charge in [0.2, 0.25) is 0 Å². The van der Waals surface area contributed by atoms with Gasteiger partial charge in [-0.05, 0) is 25.2 Å². The van der Waals surface area contributed by atoms with E-state index in [0.29, 0.717) is 5.02 Å². The van der Waals surface area contributed by atoms with Gasteiger partial charge in [-0.1, -0.05) is 23.2 Å². The smallest absolute Gasteiger partial charge is 0.0721 e. The van der Waals surface area contributed by atoms with Crippen LogP contribution in [0.15, 0.2) is 18.2 Å². The molecule has 2 nitrogen and oxygen atoms in total. The molecule has 1 aromatic carbocycles. The Morgan fingerprint density at radius 2 is 2.12 bits per heavy atom. The molecule has 88 valence electrons. The number of halogens is 2. The third kappa shape index (κ3) is 1.90. The molecule has 1 aromatic heterocycles. The molecular weight excluding hydrogens is 255 g/mol. The second-order valence-electron chi connectivity index (χ2n) is 4.50. The van der Waals surface area contributed by atoms with Gasteiger partial charge in [0.25, 0.3) is 0 Å². The summed E-state index contributed by atoms with van der Waals surface area (Å²) in [4.78, 5) is 6.94. The van der Waals surface area contributed by atoms with Crippen molar-refractivity contribution in [2.24, 2.45) is 0 Å². The summed E-state index contributed by atoms with van der Waals surface area (Å²) >= 11 is 12.5. The van der Waals surface area contributed by atoms with Crippen molar-refractivity contribution >= 4 is 34.1 Å². The minimum absolute atomic E-state index is 0.699. The highest BCUT2D eigenvalue weighted by Crippen LogP contribution is 2.32. The molecule has 0 unspecified atom stereocenters. The molecule has 4 heteroatoms. The molecule has 0 N–H and O–H groups in total. The van der Waals surface area contributed by atoms with Crippen LogP contribution in [0.3, 0.4) is 0 Å². The number of benzene rings is 1. The maximum atomic E-state index is 6.47. The van der Waals surface area contributed by atoms with Crippen LogP contribution in [0.25, 0.3) is 10.9 Å². The Bertz CT molecular complexity index is 595. The van der Waals surface area contributed by atoms with Crippen LogP contribution in [0.1, 0.15) is 11.3 Å². The zero-order valence-corrected chi connectivity index (χ0v) is 11.0. The fourth-order valence-electron chi connectivity index (χ4n) is 2.30. The number of nitrogens with zero attached hydrogens (tertiary/aromatic N) is 2. The normalized spacial score (nSPS) is 16.2. The minimum Gasteiger partial charge on any atom is -0.302 e. The first-order chi connectivity index (χ1) is 8.15. The van der Waals surface area contributed by atoms with Crippen molar-refractivity contribution in [2.45, 2.75) is 13.0 Å². The number of likely N-dealkylation sites (N-methyl/N-ethyl adjacent to an activating group) is 1. The van der Waals surface area contributed by atoms with Crippen molar-refractivity contribution in [3.63, 3.8) is 0 Å². The molecule has 17 heavy (non-hydrogen) atoms. The topological polar surface area (TPSA) is 16.1 Å². The molecule has 0 spiro atoms. The summed E-state index contributed by atoms with van der Waals surface area (Å²) in [6, 6.07) is 5.68. The van der Waals surface area contributed by atoms with Gasteiger partial charge < -0.3 is 4.90 Å². The highest BCUT2D eigenvalue weighted by molar-refractivity contribution is 6.37. The van der Waals surface area contributed by atoms with E-state index in [4.69, 9.17) is 23.2 Å². The van der Waals surface area contributed by atoms with Crippen LogP contribution < -0.4 is 0 Å². The van der Waals surface area contributed by atoms with Crippen LogP contribution in [-0.4, -0.2) is 23.5 Å². The highest BCUT2D eigenvalue weighted by Gasteiger charge is 2.19. The third-order valence-electron chi connectivity index (χ3n) is 3.22. The monoisotopic (exact) mass is 266 g/mol. The predicted molar refractivity (Wildman–Crippen MR) is 71.8 cm³/mol. The average molecular weight is 267 g/mol. The van der Waals surface area contributed by atoms with Crippen molar-refractivity contribution in [3.8, 4) is 0 Å². The number of aromatic nitrogens is 1. The molecule has 0 fully saturated rings. The second kappa shape index (κ2) is 4.13.